The van der Waals surface area contributed by atoms with Crippen LogP contribution in [0.1, 0.15) is 19.3 Å². The summed E-state index contributed by atoms with van der Waals surface area (Å²) in [5.41, 5.74) is 5.97. The van der Waals surface area contributed by atoms with Gasteiger partial charge in [0.15, 0.2) is 0 Å². The van der Waals surface area contributed by atoms with E-state index in [1.54, 1.807) is 6.07 Å². The van der Waals surface area contributed by atoms with Crippen LogP contribution in [0.3, 0.4) is 0 Å². The lowest BCUT2D eigenvalue weighted by Gasteiger charge is -2.07. The minimum atomic E-state index is -0.418. The van der Waals surface area contributed by atoms with E-state index in [1.165, 1.54) is 12.1 Å². The number of amides is 1. The van der Waals surface area contributed by atoms with E-state index in [0.717, 1.165) is 22.1 Å². The number of primary amides is 1. The Bertz CT molecular complexity index is 451. The van der Waals surface area contributed by atoms with Crippen LogP contribution >= 0.6 is 22.6 Å². The monoisotopic (exact) mass is 363 g/mol. The largest absolute Gasteiger partial charge is 0.384 e. The number of hydrogen-bond acceptors (Lipinski definition) is 4. The van der Waals surface area contributed by atoms with Gasteiger partial charge in [0.2, 0.25) is 5.91 Å². The van der Waals surface area contributed by atoms with Crippen molar-refractivity contribution in [2.24, 2.45) is 5.73 Å². The quantitative estimate of drug-likeness (QED) is 0.336. The molecule has 0 aliphatic rings. The summed E-state index contributed by atoms with van der Waals surface area (Å²) in [6, 6.07) is 4.67. The first kappa shape index (κ1) is 14.7. The Hall–Kier alpha value is -1.38. The number of rotatable bonds is 7. The lowest BCUT2D eigenvalue weighted by molar-refractivity contribution is -0.384. The number of carbonyl (C=O) groups is 1. The third kappa shape index (κ3) is 4.86. The summed E-state index contributed by atoms with van der Waals surface area (Å²) in [5, 5.41) is 13.7. The van der Waals surface area contributed by atoms with Gasteiger partial charge in [-0.15, -0.1) is 0 Å². The van der Waals surface area contributed by atoms with Gasteiger partial charge in [0, 0.05) is 34.4 Å². The number of nitrogens with one attached hydrogen (secondary N) is 1. The highest BCUT2D eigenvalue weighted by Gasteiger charge is 2.08. The van der Waals surface area contributed by atoms with Crippen LogP contribution in [0.2, 0.25) is 0 Å². The van der Waals surface area contributed by atoms with Crippen molar-refractivity contribution in [3.63, 3.8) is 0 Å². The van der Waals surface area contributed by atoms with Gasteiger partial charge in [-0.2, -0.15) is 0 Å². The standard InChI is InChI=1S/C11H14IN3O3/c12-9-7-8(15(17)18)4-5-10(9)14-6-2-1-3-11(13)16/h4-5,7,14H,1-3,6H2,(H2,13,16). The van der Waals surface area contributed by atoms with Crippen LogP contribution in [-0.2, 0) is 4.79 Å². The van der Waals surface area contributed by atoms with Gasteiger partial charge in [0.1, 0.15) is 0 Å². The average Bonchev–Trinajstić information content (AvgIpc) is 2.29. The summed E-state index contributed by atoms with van der Waals surface area (Å²) in [5.74, 6) is -0.292. The molecule has 1 aromatic rings. The molecule has 3 N–H and O–H groups in total. The van der Waals surface area contributed by atoms with Crippen LogP contribution < -0.4 is 11.1 Å². The lowest BCUT2D eigenvalue weighted by atomic mass is 10.2. The second kappa shape index (κ2) is 7.14. The van der Waals surface area contributed by atoms with E-state index < -0.39 is 4.92 Å². The topological polar surface area (TPSA) is 98.3 Å². The number of nitro groups is 1. The summed E-state index contributed by atoms with van der Waals surface area (Å²) < 4.78 is 0.803. The number of hydrogen-bond donors (Lipinski definition) is 2. The van der Waals surface area contributed by atoms with E-state index >= 15 is 0 Å². The second-order valence-corrected chi connectivity index (χ2v) is 4.93. The molecule has 0 saturated heterocycles. The fraction of sp³-hybridized carbons (Fsp3) is 0.364. The van der Waals surface area contributed by atoms with Crippen LogP contribution in [0.25, 0.3) is 0 Å². The van der Waals surface area contributed by atoms with Crippen LogP contribution in [-0.4, -0.2) is 17.4 Å². The molecule has 0 spiro atoms. The SMILES string of the molecule is NC(=O)CCCCNc1ccc([N+](=O)[O-])cc1I. The van der Waals surface area contributed by atoms with Crippen molar-refractivity contribution in [2.45, 2.75) is 19.3 Å². The van der Waals surface area contributed by atoms with Crippen molar-refractivity contribution in [1.29, 1.82) is 0 Å². The third-order valence-electron chi connectivity index (χ3n) is 2.33. The first-order chi connectivity index (χ1) is 8.50. The van der Waals surface area contributed by atoms with E-state index in [9.17, 15) is 14.9 Å². The summed E-state index contributed by atoms with van der Waals surface area (Å²) in [6.07, 6.45) is 1.96. The molecule has 1 aromatic carbocycles. The molecule has 0 radical (unpaired) electrons. The Balaban J connectivity index is 2.43. The molecule has 0 bridgehead atoms. The molecule has 0 fully saturated rings. The number of carbonyl (C=O) groups excluding carboxylic acids is 1. The molecule has 6 nitrogen and oxygen atoms in total. The number of nitrogens with zero attached hydrogens (tertiary/aromatic N) is 1. The maximum atomic E-state index is 10.6. The van der Waals surface area contributed by atoms with Gasteiger partial charge in [-0.1, -0.05) is 0 Å². The number of nitro benzene ring substituents is 1. The molecule has 0 unspecified atom stereocenters. The number of non-ortho nitro benzene ring substituents is 1. The van der Waals surface area contributed by atoms with Gasteiger partial charge in [-0.05, 0) is 41.5 Å². The molecule has 0 heterocycles. The number of halogens is 1. The second-order valence-electron chi connectivity index (χ2n) is 3.77. The number of unbranched alkanes of at least 4 members (excludes halogenated alkanes) is 1. The van der Waals surface area contributed by atoms with Gasteiger partial charge >= 0.3 is 0 Å². The predicted molar refractivity (Wildman–Crippen MR) is 77.3 cm³/mol. The first-order valence-corrected chi connectivity index (χ1v) is 6.54. The number of nitrogens with two attached hydrogens (primary N) is 1. The van der Waals surface area contributed by atoms with Gasteiger partial charge in [-0.3, -0.25) is 14.9 Å². The highest BCUT2D eigenvalue weighted by molar-refractivity contribution is 14.1. The van der Waals surface area contributed by atoms with E-state index in [0.29, 0.717) is 13.0 Å². The van der Waals surface area contributed by atoms with Crippen molar-refractivity contribution in [1.82, 2.24) is 0 Å². The molecule has 7 heteroatoms. The highest BCUT2D eigenvalue weighted by atomic mass is 127. The number of benzene rings is 1. The maximum Gasteiger partial charge on any atom is 0.270 e. The summed E-state index contributed by atoms with van der Waals surface area (Å²) in [4.78, 5) is 20.7. The van der Waals surface area contributed by atoms with E-state index in [1.807, 2.05) is 22.6 Å². The highest BCUT2D eigenvalue weighted by Crippen LogP contribution is 2.23. The zero-order valence-electron chi connectivity index (χ0n) is 9.69. The van der Waals surface area contributed by atoms with Crippen molar-refractivity contribution in [3.05, 3.63) is 31.9 Å². The lowest BCUT2D eigenvalue weighted by Crippen LogP contribution is -2.11. The molecule has 0 aliphatic carbocycles. The summed E-state index contributed by atoms with van der Waals surface area (Å²) >= 11 is 2.05. The van der Waals surface area contributed by atoms with Gasteiger partial charge < -0.3 is 11.1 Å². The van der Waals surface area contributed by atoms with E-state index in [4.69, 9.17) is 5.73 Å². The molecule has 0 aliphatic heterocycles. The first-order valence-electron chi connectivity index (χ1n) is 5.47. The summed E-state index contributed by atoms with van der Waals surface area (Å²) in [6.45, 7) is 0.709. The van der Waals surface area contributed by atoms with Crippen molar-refractivity contribution in [3.8, 4) is 0 Å². The molecule has 0 saturated carbocycles. The average molecular weight is 363 g/mol. The van der Waals surface area contributed by atoms with Crippen molar-refractivity contribution >= 4 is 39.9 Å². The van der Waals surface area contributed by atoms with Crippen LogP contribution in [0.15, 0.2) is 18.2 Å². The van der Waals surface area contributed by atoms with Gasteiger partial charge in [0.05, 0.1) is 4.92 Å². The van der Waals surface area contributed by atoms with Gasteiger partial charge in [-0.25, -0.2) is 0 Å². The molecular formula is C11H14IN3O3. The number of anilines is 1. The van der Waals surface area contributed by atoms with E-state index in [-0.39, 0.29) is 11.6 Å². The Kier molecular flexibility index (Phi) is 5.83. The Morgan fingerprint density at radius 2 is 2.17 bits per heavy atom. The Morgan fingerprint density at radius 1 is 1.44 bits per heavy atom. The van der Waals surface area contributed by atoms with Crippen LogP contribution in [0, 0.1) is 13.7 Å². The third-order valence-corrected chi connectivity index (χ3v) is 3.22. The Morgan fingerprint density at radius 3 is 2.72 bits per heavy atom. The predicted octanol–water partition coefficient (Wildman–Crippen LogP) is 2.27. The zero-order valence-corrected chi connectivity index (χ0v) is 11.8. The Labute approximate surface area is 118 Å². The maximum absolute atomic E-state index is 10.6. The molecule has 18 heavy (non-hydrogen) atoms. The molecule has 0 aromatic heterocycles. The molecule has 1 amide bonds. The minimum absolute atomic E-state index is 0.0821. The minimum Gasteiger partial charge on any atom is -0.384 e. The molecule has 1 rings (SSSR count). The zero-order chi connectivity index (χ0) is 13.5. The van der Waals surface area contributed by atoms with Crippen LogP contribution in [0.5, 0.6) is 0 Å². The smallest absolute Gasteiger partial charge is 0.270 e. The normalized spacial score (nSPS) is 10.1. The van der Waals surface area contributed by atoms with Crippen LogP contribution in [0.4, 0.5) is 11.4 Å². The summed E-state index contributed by atoms with van der Waals surface area (Å²) in [7, 11) is 0. The van der Waals surface area contributed by atoms with Crippen molar-refractivity contribution in [2.75, 3.05) is 11.9 Å². The molecular weight excluding hydrogens is 349 g/mol. The van der Waals surface area contributed by atoms with Gasteiger partial charge in [0.25, 0.3) is 5.69 Å². The fourth-order valence-electron chi connectivity index (χ4n) is 1.41. The molecule has 0 atom stereocenters. The van der Waals surface area contributed by atoms with Crippen molar-refractivity contribution < 1.29 is 9.72 Å². The molecule has 98 valence electrons. The fourth-order valence-corrected chi connectivity index (χ4v) is 2.10. The van der Waals surface area contributed by atoms with E-state index in [2.05, 4.69) is 5.32 Å².